The minimum atomic E-state index is -0.371. The lowest BCUT2D eigenvalue weighted by Gasteiger charge is -2.13. The van der Waals surface area contributed by atoms with Gasteiger partial charge in [0.25, 0.3) is 0 Å². The molecular weight excluding hydrogens is 270 g/mol. The largest absolute Gasteiger partial charge is 0.388 e. The third kappa shape index (κ3) is 4.86. The Hall–Kier alpha value is -1.85. The predicted octanol–water partition coefficient (Wildman–Crippen LogP) is 5.52. The van der Waals surface area contributed by atoms with Gasteiger partial charge in [-0.1, -0.05) is 74.6 Å². The van der Waals surface area contributed by atoms with Crippen molar-refractivity contribution in [3.8, 4) is 6.07 Å². The van der Waals surface area contributed by atoms with Crippen molar-refractivity contribution in [1.29, 1.82) is 5.26 Å². The van der Waals surface area contributed by atoms with Crippen molar-refractivity contribution in [1.82, 2.24) is 0 Å². The molecule has 0 fully saturated rings. The van der Waals surface area contributed by atoms with E-state index in [0.717, 1.165) is 43.1 Å². The summed E-state index contributed by atoms with van der Waals surface area (Å²) in [6.45, 7) is 0. The average molecular weight is 295 g/mol. The average Bonchev–Trinajstić information content (AvgIpc) is 2.56. The Morgan fingerprint density at radius 1 is 0.864 bits per heavy atom. The summed E-state index contributed by atoms with van der Waals surface area (Å²) in [6.07, 6.45) is 7.93. The zero-order valence-electron chi connectivity index (χ0n) is 13.2. The Morgan fingerprint density at radius 3 is 2.36 bits per heavy atom. The molecule has 0 aliphatic carbocycles. The summed E-state index contributed by atoms with van der Waals surface area (Å²) in [7, 11) is 0. The first-order chi connectivity index (χ1) is 10.8. The molecule has 0 radical (unpaired) electrons. The summed E-state index contributed by atoms with van der Waals surface area (Å²) in [4.78, 5) is 0. The third-order valence-corrected chi connectivity index (χ3v) is 4.20. The number of nitriles is 1. The van der Waals surface area contributed by atoms with Crippen LogP contribution >= 0.6 is 0 Å². The van der Waals surface area contributed by atoms with E-state index in [1.165, 1.54) is 18.2 Å². The van der Waals surface area contributed by atoms with Crippen LogP contribution in [-0.2, 0) is 0 Å². The highest BCUT2D eigenvalue weighted by Crippen LogP contribution is 2.27. The van der Waals surface area contributed by atoms with Gasteiger partial charge in [-0.3, -0.25) is 0 Å². The van der Waals surface area contributed by atoms with Gasteiger partial charge in [-0.2, -0.15) is 5.26 Å². The molecule has 0 saturated carbocycles. The number of fused-ring (bicyclic) bond motifs is 1. The number of unbranched alkanes of at least 4 members (excludes halogenated alkanes) is 6. The highest BCUT2D eigenvalue weighted by molar-refractivity contribution is 5.85. The van der Waals surface area contributed by atoms with Gasteiger partial charge in [0.05, 0.1) is 12.2 Å². The van der Waals surface area contributed by atoms with E-state index in [1.54, 1.807) is 0 Å². The summed E-state index contributed by atoms with van der Waals surface area (Å²) in [5, 5.41) is 21.3. The van der Waals surface area contributed by atoms with Crippen molar-refractivity contribution in [3.05, 3.63) is 48.0 Å². The van der Waals surface area contributed by atoms with Crippen LogP contribution in [0.5, 0.6) is 0 Å². The molecule has 2 nitrogen and oxygen atoms in total. The van der Waals surface area contributed by atoms with Crippen molar-refractivity contribution in [3.63, 3.8) is 0 Å². The van der Waals surface area contributed by atoms with Crippen LogP contribution < -0.4 is 0 Å². The molecular formula is C20H25NO. The topological polar surface area (TPSA) is 44.0 Å². The van der Waals surface area contributed by atoms with Gasteiger partial charge >= 0.3 is 0 Å². The Labute approximate surface area is 133 Å². The van der Waals surface area contributed by atoms with Gasteiger partial charge in [0.2, 0.25) is 0 Å². The van der Waals surface area contributed by atoms with Crippen LogP contribution in [0.25, 0.3) is 10.8 Å². The molecule has 1 N–H and O–H groups in total. The fraction of sp³-hybridized carbons (Fsp3) is 0.450. The fourth-order valence-corrected chi connectivity index (χ4v) is 2.95. The second-order valence-corrected chi connectivity index (χ2v) is 5.90. The molecule has 0 spiro atoms. The molecule has 2 aromatic rings. The SMILES string of the molecule is N#CCCCCCCCCC(O)c1cccc2ccccc12. The van der Waals surface area contributed by atoms with Gasteiger partial charge in [0, 0.05) is 6.42 Å². The Morgan fingerprint density at radius 2 is 1.55 bits per heavy atom. The van der Waals surface area contributed by atoms with Crippen LogP contribution in [0.1, 0.15) is 63.0 Å². The lowest BCUT2D eigenvalue weighted by atomic mass is 9.97. The van der Waals surface area contributed by atoms with Gasteiger partial charge in [-0.15, -0.1) is 0 Å². The minimum Gasteiger partial charge on any atom is -0.388 e. The summed E-state index contributed by atoms with van der Waals surface area (Å²) >= 11 is 0. The first kappa shape index (κ1) is 16.5. The number of aliphatic hydroxyl groups excluding tert-OH is 1. The molecule has 0 aliphatic rings. The molecule has 0 heterocycles. The molecule has 0 aliphatic heterocycles. The normalized spacial score (nSPS) is 12.2. The Kier molecular flexibility index (Phi) is 6.93. The Balaban J connectivity index is 1.75. The molecule has 0 saturated heterocycles. The van der Waals surface area contributed by atoms with Crippen molar-refractivity contribution in [2.75, 3.05) is 0 Å². The van der Waals surface area contributed by atoms with E-state index >= 15 is 0 Å². The zero-order chi connectivity index (χ0) is 15.6. The standard InChI is InChI=1S/C20H25NO/c21-16-9-5-3-1-2-4-6-15-20(22)19-14-10-12-17-11-7-8-13-18(17)19/h7-8,10-14,20,22H,1-6,9,15H2. The van der Waals surface area contributed by atoms with E-state index in [2.05, 4.69) is 24.3 Å². The highest BCUT2D eigenvalue weighted by Gasteiger charge is 2.10. The first-order valence-electron chi connectivity index (χ1n) is 8.35. The molecule has 0 bridgehead atoms. The van der Waals surface area contributed by atoms with Crippen molar-refractivity contribution >= 4 is 10.8 Å². The molecule has 22 heavy (non-hydrogen) atoms. The second-order valence-electron chi connectivity index (χ2n) is 5.90. The fourth-order valence-electron chi connectivity index (χ4n) is 2.95. The van der Waals surface area contributed by atoms with Gasteiger partial charge < -0.3 is 5.11 Å². The first-order valence-corrected chi connectivity index (χ1v) is 8.35. The highest BCUT2D eigenvalue weighted by atomic mass is 16.3. The number of hydrogen-bond donors (Lipinski definition) is 1. The van der Waals surface area contributed by atoms with Crippen molar-refractivity contribution in [2.24, 2.45) is 0 Å². The lowest BCUT2D eigenvalue weighted by molar-refractivity contribution is 0.165. The van der Waals surface area contributed by atoms with Crippen molar-refractivity contribution in [2.45, 2.75) is 57.5 Å². The summed E-state index contributed by atoms with van der Waals surface area (Å²) in [5.41, 5.74) is 1.05. The maximum Gasteiger partial charge on any atom is 0.0796 e. The van der Waals surface area contributed by atoms with E-state index in [9.17, 15) is 5.11 Å². The molecule has 0 aromatic heterocycles. The monoisotopic (exact) mass is 295 g/mol. The lowest BCUT2D eigenvalue weighted by Crippen LogP contribution is -1.98. The molecule has 116 valence electrons. The second kappa shape index (κ2) is 9.23. The maximum atomic E-state index is 10.5. The quantitative estimate of drug-likeness (QED) is 0.619. The molecule has 1 atom stereocenters. The predicted molar refractivity (Wildman–Crippen MR) is 91.5 cm³/mol. The number of hydrogen-bond acceptors (Lipinski definition) is 2. The van der Waals surface area contributed by atoms with Crippen LogP contribution in [0.2, 0.25) is 0 Å². The van der Waals surface area contributed by atoms with Crippen LogP contribution in [0.15, 0.2) is 42.5 Å². The van der Waals surface area contributed by atoms with E-state index in [1.807, 2.05) is 24.3 Å². The molecule has 2 heteroatoms. The van der Waals surface area contributed by atoms with E-state index in [4.69, 9.17) is 5.26 Å². The van der Waals surface area contributed by atoms with Gasteiger partial charge in [0.15, 0.2) is 0 Å². The zero-order valence-corrected chi connectivity index (χ0v) is 13.2. The molecule has 1 unspecified atom stereocenters. The minimum absolute atomic E-state index is 0.371. The number of aliphatic hydroxyl groups is 1. The third-order valence-electron chi connectivity index (χ3n) is 4.20. The number of nitrogens with zero attached hydrogens (tertiary/aromatic N) is 1. The molecule has 2 rings (SSSR count). The van der Waals surface area contributed by atoms with Crippen LogP contribution in [0.4, 0.5) is 0 Å². The summed E-state index contributed by atoms with van der Waals surface area (Å²) in [5.74, 6) is 0. The van der Waals surface area contributed by atoms with Crippen LogP contribution in [-0.4, -0.2) is 5.11 Å². The number of benzene rings is 2. The Bertz CT molecular complexity index is 609. The van der Waals surface area contributed by atoms with Crippen LogP contribution in [0.3, 0.4) is 0 Å². The van der Waals surface area contributed by atoms with Gasteiger partial charge in [-0.05, 0) is 29.2 Å². The summed E-state index contributed by atoms with van der Waals surface area (Å²) < 4.78 is 0. The van der Waals surface area contributed by atoms with Gasteiger partial charge in [0.1, 0.15) is 0 Å². The van der Waals surface area contributed by atoms with E-state index in [0.29, 0.717) is 6.42 Å². The van der Waals surface area contributed by atoms with Crippen molar-refractivity contribution < 1.29 is 5.11 Å². The van der Waals surface area contributed by atoms with E-state index in [-0.39, 0.29) is 6.10 Å². The molecule has 0 amide bonds. The number of rotatable bonds is 9. The summed E-state index contributed by atoms with van der Waals surface area (Å²) in [6, 6.07) is 16.6. The van der Waals surface area contributed by atoms with Crippen LogP contribution in [0, 0.1) is 11.3 Å². The van der Waals surface area contributed by atoms with Gasteiger partial charge in [-0.25, -0.2) is 0 Å². The maximum absolute atomic E-state index is 10.5. The smallest absolute Gasteiger partial charge is 0.0796 e. The van der Waals surface area contributed by atoms with E-state index < -0.39 is 0 Å². The molecule has 2 aromatic carbocycles.